The second-order valence-electron chi connectivity index (χ2n) is 6.91. The van der Waals surface area contributed by atoms with Crippen molar-refractivity contribution in [2.45, 2.75) is 57.9 Å². The first-order valence-electron chi connectivity index (χ1n) is 8.81. The van der Waals surface area contributed by atoms with Crippen molar-refractivity contribution in [3.8, 4) is 0 Å². The lowest BCUT2D eigenvalue weighted by Gasteiger charge is -2.38. The van der Waals surface area contributed by atoms with E-state index < -0.39 is 0 Å². The molecule has 2 fully saturated rings. The number of nitrogens with zero attached hydrogens (tertiary/aromatic N) is 1. The Labute approximate surface area is 138 Å². The van der Waals surface area contributed by atoms with Gasteiger partial charge in [0, 0.05) is 12.6 Å². The number of benzene rings is 1. The second kappa shape index (κ2) is 7.16. The topological polar surface area (TPSA) is 49.4 Å². The largest absolute Gasteiger partial charge is 0.337 e. The van der Waals surface area contributed by atoms with Crippen LogP contribution in [0.5, 0.6) is 0 Å². The van der Waals surface area contributed by atoms with Crippen molar-refractivity contribution in [2.24, 2.45) is 5.92 Å². The standard InChI is InChI=1S/C19H26N2O2/c1-14-6-5-7-15(12-14)10-11-16-13-20-19(23)21(18(16)22)17-8-3-2-4-9-17/h5-7,12,16-17H,2-4,8-11,13H2,1H3,(H,20,23). The monoisotopic (exact) mass is 314 g/mol. The fourth-order valence-electron chi connectivity index (χ4n) is 3.80. The summed E-state index contributed by atoms with van der Waals surface area (Å²) in [5.74, 6) is -0.0524. The van der Waals surface area contributed by atoms with Crippen LogP contribution < -0.4 is 5.32 Å². The highest BCUT2D eigenvalue weighted by Gasteiger charge is 2.38. The Morgan fingerprint density at radius 3 is 2.70 bits per heavy atom. The van der Waals surface area contributed by atoms with E-state index in [1.807, 2.05) is 0 Å². The molecule has 23 heavy (non-hydrogen) atoms. The molecular formula is C19H26N2O2. The molecule has 1 saturated heterocycles. The highest BCUT2D eigenvalue weighted by molar-refractivity contribution is 5.98. The first-order valence-corrected chi connectivity index (χ1v) is 8.81. The summed E-state index contributed by atoms with van der Waals surface area (Å²) in [6, 6.07) is 8.35. The van der Waals surface area contributed by atoms with Crippen molar-refractivity contribution >= 4 is 11.9 Å². The number of nitrogens with one attached hydrogen (secondary N) is 1. The Balaban J connectivity index is 1.63. The maximum atomic E-state index is 12.8. The van der Waals surface area contributed by atoms with Gasteiger partial charge in [-0.25, -0.2) is 4.79 Å². The molecule has 124 valence electrons. The fraction of sp³-hybridized carbons (Fsp3) is 0.579. The van der Waals surface area contributed by atoms with E-state index in [1.54, 1.807) is 0 Å². The summed E-state index contributed by atoms with van der Waals surface area (Å²) in [4.78, 5) is 26.5. The van der Waals surface area contributed by atoms with Crippen LogP contribution in [0.4, 0.5) is 4.79 Å². The molecule has 0 aromatic heterocycles. The van der Waals surface area contributed by atoms with Crippen molar-refractivity contribution < 1.29 is 9.59 Å². The molecule has 3 amide bonds. The normalized spacial score (nSPS) is 23.0. The van der Waals surface area contributed by atoms with Gasteiger partial charge >= 0.3 is 6.03 Å². The number of aryl methyl sites for hydroxylation is 2. The summed E-state index contributed by atoms with van der Waals surface area (Å²) in [5.41, 5.74) is 2.51. The van der Waals surface area contributed by atoms with Gasteiger partial charge in [0.25, 0.3) is 0 Å². The van der Waals surface area contributed by atoms with E-state index in [0.29, 0.717) is 6.54 Å². The summed E-state index contributed by atoms with van der Waals surface area (Å²) >= 11 is 0. The lowest BCUT2D eigenvalue weighted by Crippen LogP contribution is -2.58. The number of carbonyl (C=O) groups excluding carboxylic acids is 2. The van der Waals surface area contributed by atoms with E-state index in [9.17, 15) is 9.59 Å². The second-order valence-corrected chi connectivity index (χ2v) is 6.91. The first kappa shape index (κ1) is 16.0. The molecule has 1 heterocycles. The van der Waals surface area contributed by atoms with E-state index in [2.05, 4.69) is 36.5 Å². The third kappa shape index (κ3) is 3.74. The minimum Gasteiger partial charge on any atom is -0.337 e. The van der Waals surface area contributed by atoms with Crippen LogP contribution in [0.1, 0.15) is 49.7 Å². The average Bonchev–Trinajstić information content (AvgIpc) is 2.55. The molecule has 1 N–H and O–H groups in total. The van der Waals surface area contributed by atoms with Gasteiger partial charge in [-0.05, 0) is 38.2 Å². The van der Waals surface area contributed by atoms with E-state index in [-0.39, 0.29) is 23.9 Å². The number of imide groups is 1. The molecule has 1 atom stereocenters. The van der Waals surface area contributed by atoms with Crippen LogP contribution in [0.2, 0.25) is 0 Å². The zero-order valence-corrected chi connectivity index (χ0v) is 13.9. The minimum atomic E-state index is -0.186. The number of carbonyl (C=O) groups is 2. The predicted molar refractivity (Wildman–Crippen MR) is 90.1 cm³/mol. The first-order chi connectivity index (χ1) is 11.1. The zero-order valence-electron chi connectivity index (χ0n) is 13.9. The van der Waals surface area contributed by atoms with Crippen LogP contribution in [0, 0.1) is 12.8 Å². The van der Waals surface area contributed by atoms with Crippen LogP contribution in [0.3, 0.4) is 0 Å². The molecule has 4 heteroatoms. The fourth-order valence-corrected chi connectivity index (χ4v) is 3.80. The molecule has 1 saturated carbocycles. The van der Waals surface area contributed by atoms with Gasteiger partial charge in [0.1, 0.15) is 0 Å². The van der Waals surface area contributed by atoms with Crippen LogP contribution in [0.15, 0.2) is 24.3 Å². The number of rotatable bonds is 4. The summed E-state index contributed by atoms with van der Waals surface area (Å²) < 4.78 is 0. The zero-order chi connectivity index (χ0) is 16.2. The maximum absolute atomic E-state index is 12.8. The van der Waals surface area contributed by atoms with Crippen molar-refractivity contribution in [1.82, 2.24) is 10.2 Å². The Kier molecular flexibility index (Phi) is 4.99. The van der Waals surface area contributed by atoms with Gasteiger partial charge in [0.15, 0.2) is 0 Å². The highest BCUT2D eigenvalue weighted by atomic mass is 16.2. The van der Waals surface area contributed by atoms with Gasteiger partial charge in [0.2, 0.25) is 5.91 Å². The Hall–Kier alpha value is -1.84. The molecule has 1 aromatic rings. The smallest absolute Gasteiger partial charge is 0.324 e. The SMILES string of the molecule is Cc1cccc(CCC2CNC(=O)N(C3CCCCC3)C2=O)c1. The minimum absolute atomic E-state index is 0.0355. The highest BCUT2D eigenvalue weighted by Crippen LogP contribution is 2.26. The van der Waals surface area contributed by atoms with Gasteiger partial charge in [-0.15, -0.1) is 0 Å². The van der Waals surface area contributed by atoms with Crippen LogP contribution in [0.25, 0.3) is 0 Å². The van der Waals surface area contributed by atoms with E-state index >= 15 is 0 Å². The summed E-state index contributed by atoms with van der Waals surface area (Å²) in [6.07, 6.45) is 7.06. The van der Waals surface area contributed by atoms with E-state index in [1.165, 1.54) is 22.4 Å². The van der Waals surface area contributed by atoms with Crippen molar-refractivity contribution in [3.05, 3.63) is 35.4 Å². The van der Waals surface area contributed by atoms with Crippen LogP contribution >= 0.6 is 0 Å². The Morgan fingerprint density at radius 2 is 1.96 bits per heavy atom. The summed E-state index contributed by atoms with van der Waals surface area (Å²) in [7, 11) is 0. The van der Waals surface area contributed by atoms with Crippen LogP contribution in [-0.2, 0) is 11.2 Å². The van der Waals surface area contributed by atoms with Gasteiger partial charge in [-0.2, -0.15) is 0 Å². The van der Waals surface area contributed by atoms with Gasteiger partial charge in [-0.3, -0.25) is 9.69 Å². The molecule has 4 nitrogen and oxygen atoms in total. The van der Waals surface area contributed by atoms with Gasteiger partial charge in [0.05, 0.1) is 5.92 Å². The predicted octanol–water partition coefficient (Wildman–Crippen LogP) is 3.43. The molecule has 1 aromatic carbocycles. The van der Waals surface area contributed by atoms with E-state index in [4.69, 9.17) is 0 Å². The molecular weight excluding hydrogens is 288 g/mol. The van der Waals surface area contributed by atoms with E-state index in [0.717, 1.165) is 38.5 Å². The Bertz CT molecular complexity index is 578. The quantitative estimate of drug-likeness (QED) is 0.925. The molecule has 0 radical (unpaired) electrons. The lowest BCUT2D eigenvalue weighted by atomic mass is 9.91. The van der Waals surface area contributed by atoms with Crippen LogP contribution in [-0.4, -0.2) is 29.4 Å². The van der Waals surface area contributed by atoms with Gasteiger partial charge in [-0.1, -0.05) is 49.1 Å². The van der Waals surface area contributed by atoms with Crippen molar-refractivity contribution in [3.63, 3.8) is 0 Å². The lowest BCUT2D eigenvalue weighted by molar-refractivity contribution is -0.136. The summed E-state index contributed by atoms with van der Waals surface area (Å²) in [5, 5.41) is 2.92. The third-order valence-corrected chi connectivity index (χ3v) is 5.11. The molecule has 1 unspecified atom stereocenters. The number of hydrogen-bond acceptors (Lipinski definition) is 2. The number of amides is 3. The molecule has 0 spiro atoms. The molecule has 1 aliphatic heterocycles. The number of hydrogen-bond donors (Lipinski definition) is 1. The summed E-state index contributed by atoms with van der Waals surface area (Å²) in [6.45, 7) is 2.56. The van der Waals surface area contributed by atoms with Gasteiger partial charge < -0.3 is 5.32 Å². The molecule has 0 bridgehead atoms. The molecule has 3 rings (SSSR count). The molecule has 1 aliphatic carbocycles. The Morgan fingerprint density at radius 1 is 1.17 bits per heavy atom. The third-order valence-electron chi connectivity index (χ3n) is 5.11. The maximum Gasteiger partial charge on any atom is 0.324 e. The number of urea groups is 1. The average molecular weight is 314 g/mol. The molecule has 2 aliphatic rings. The van der Waals surface area contributed by atoms with Crippen molar-refractivity contribution in [2.75, 3.05) is 6.54 Å². The van der Waals surface area contributed by atoms with Crippen molar-refractivity contribution in [1.29, 1.82) is 0 Å².